The average Bonchev–Trinajstić information content (AvgIpc) is 1.85. The third-order valence-electron chi connectivity index (χ3n) is 0.804. The second kappa shape index (κ2) is 6.50. The van der Waals surface area contributed by atoms with Gasteiger partial charge in [-0.05, 0) is 12.2 Å². The Morgan fingerprint density at radius 3 is 1.69 bits per heavy atom. The van der Waals surface area contributed by atoms with Crippen LogP contribution in [0, 0.1) is 0 Å². The second-order valence-corrected chi connectivity index (χ2v) is 3.86. The summed E-state index contributed by atoms with van der Waals surface area (Å²) in [5.41, 5.74) is -5.53. The highest BCUT2D eigenvalue weighted by atomic mass is 32.2. The zero-order valence-electron chi connectivity index (χ0n) is 6.87. The molecular formula is C5H11F3O3S2. The van der Waals surface area contributed by atoms with Crippen molar-refractivity contribution in [3.05, 3.63) is 0 Å². The van der Waals surface area contributed by atoms with E-state index >= 15 is 0 Å². The first-order chi connectivity index (χ1) is 5.66. The Morgan fingerprint density at radius 1 is 1.38 bits per heavy atom. The summed E-state index contributed by atoms with van der Waals surface area (Å²) in [5.74, 6) is 1.04. The van der Waals surface area contributed by atoms with Crippen molar-refractivity contribution in [2.24, 2.45) is 0 Å². The lowest BCUT2D eigenvalue weighted by atomic mass is 10.4. The van der Waals surface area contributed by atoms with Crippen LogP contribution in [-0.4, -0.2) is 24.2 Å². The van der Waals surface area contributed by atoms with Crippen molar-refractivity contribution in [3.8, 4) is 0 Å². The Morgan fingerprint density at radius 2 is 1.69 bits per heavy atom. The van der Waals surface area contributed by atoms with Gasteiger partial charge >= 0.3 is 15.6 Å². The molecule has 3 nitrogen and oxygen atoms in total. The predicted molar refractivity (Wildman–Crippen MR) is 46.4 cm³/mol. The van der Waals surface area contributed by atoms with Gasteiger partial charge in [0.1, 0.15) is 0 Å². The van der Waals surface area contributed by atoms with Crippen LogP contribution < -0.4 is 0 Å². The van der Waals surface area contributed by atoms with Gasteiger partial charge in [-0.25, -0.2) is 0 Å². The van der Waals surface area contributed by atoms with E-state index in [-0.39, 0.29) is 0 Å². The van der Waals surface area contributed by atoms with Gasteiger partial charge in [-0.2, -0.15) is 34.2 Å². The van der Waals surface area contributed by atoms with Gasteiger partial charge in [-0.15, -0.1) is 0 Å². The molecule has 0 radical (unpaired) electrons. The molecule has 0 amide bonds. The minimum absolute atomic E-state index is 1.04. The molecule has 0 unspecified atom stereocenters. The molecule has 0 atom stereocenters. The smallest absolute Gasteiger partial charge is 0.279 e. The highest BCUT2D eigenvalue weighted by Gasteiger charge is 2.44. The summed E-state index contributed by atoms with van der Waals surface area (Å²) in [4.78, 5) is 0. The number of hydrogen-bond donors (Lipinski definition) is 2. The van der Waals surface area contributed by atoms with E-state index in [0.29, 0.717) is 0 Å². The second-order valence-electron chi connectivity index (χ2n) is 2.00. The van der Waals surface area contributed by atoms with Crippen LogP contribution in [0.3, 0.4) is 0 Å². The Bertz CT molecular complexity index is 208. The lowest BCUT2D eigenvalue weighted by Crippen LogP contribution is -2.21. The largest absolute Gasteiger partial charge is 0.522 e. The highest BCUT2D eigenvalue weighted by molar-refractivity contribution is 7.86. The molecule has 0 aliphatic rings. The third kappa shape index (κ3) is 9.97. The molecule has 0 bridgehead atoms. The molecule has 0 heterocycles. The maximum atomic E-state index is 10.7. The summed E-state index contributed by atoms with van der Waals surface area (Å²) in [6, 6.07) is 0. The maximum absolute atomic E-state index is 10.7. The monoisotopic (exact) mass is 240 g/mol. The zero-order valence-corrected chi connectivity index (χ0v) is 8.59. The van der Waals surface area contributed by atoms with E-state index < -0.39 is 15.6 Å². The molecule has 0 fully saturated rings. The van der Waals surface area contributed by atoms with E-state index in [1.807, 2.05) is 0 Å². The maximum Gasteiger partial charge on any atom is 0.522 e. The molecule has 0 spiro atoms. The van der Waals surface area contributed by atoms with Crippen LogP contribution in [0.2, 0.25) is 0 Å². The van der Waals surface area contributed by atoms with Crippen molar-refractivity contribution in [2.45, 2.75) is 25.3 Å². The molecule has 0 aromatic heterocycles. The van der Waals surface area contributed by atoms with Crippen LogP contribution in [-0.2, 0) is 10.1 Å². The fraction of sp³-hybridized carbons (Fsp3) is 1.00. The molecule has 0 aromatic rings. The van der Waals surface area contributed by atoms with E-state index in [4.69, 9.17) is 13.0 Å². The number of unbranched alkanes of at least 4 members (excludes halogenated alkanes) is 1. The standard InChI is InChI=1S/C4H10S.CHF3O3S/c1-2-3-4-5;2-1(3,4)8(5,6)7/h5H,2-4H2,1H3;(H,5,6,7). The summed E-state index contributed by atoms with van der Waals surface area (Å²) in [7, 11) is -5.84. The van der Waals surface area contributed by atoms with Crippen LogP contribution in [0.4, 0.5) is 13.2 Å². The quantitative estimate of drug-likeness (QED) is 0.441. The molecule has 13 heavy (non-hydrogen) atoms. The Labute approximate surface area is 80.5 Å². The molecular weight excluding hydrogens is 229 g/mol. The Balaban J connectivity index is 0. The molecule has 0 aliphatic heterocycles. The van der Waals surface area contributed by atoms with E-state index in [0.717, 1.165) is 5.75 Å². The summed E-state index contributed by atoms with van der Waals surface area (Å²) in [6.07, 6.45) is 2.52. The fourth-order valence-electron chi connectivity index (χ4n) is 0.158. The molecule has 82 valence electrons. The van der Waals surface area contributed by atoms with Gasteiger partial charge in [-0.3, -0.25) is 4.55 Å². The van der Waals surface area contributed by atoms with E-state index in [9.17, 15) is 13.2 Å². The van der Waals surface area contributed by atoms with Crippen LogP contribution >= 0.6 is 12.6 Å². The molecule has 0 rings (SSSR count). The van der Waals surface area contributed by atoms with Crippen LogP contribution in [0.15, 0.2) is 0 Å². The van der Waals surface area contributed by atoms with E-state index in [1.54, 1.807) is 0 Å². The minimum atomic E-state index is -5.84. The third-order valence-corrected chi connectivity index (χ3v) is 1.71. The van der Waals surface area contributed by atoms with Gasteiger partial charge in [-0.1, -0.05) is 13.3 Å². The summed E-state index contributed by atoms with van der Waals surface area (Å²) in [6.45, 7) is 2.16. The number of hydrogen-bond acceptors (Lipinski definition) is 3. The van der Waals surface area contributed by atoms with Gasteiger partial charge in [0.15, 0.2) is 0 Å². The lowest BCUT2D eigenvalue weighted by Gasteiger charge is -1.97. The minimum Gasteiger partial charge on any atom is -0.279 e. The number of alkyl halides is 3. The number of rotatable bonds is 2. The number of thiol groups is 1. The first-order valence-corrected chi connectivity index (χ1v) is 5.38. The predicted octanol–water partition coefficient (Wildman–Crippen LogP) is 2.11. The molecule has 0 saturated heterocycles. The van der Waals surface area contributed by atoms with Crippen molar-refractivity contribution in [2.75, 3.05) is 5.75 Å². The summed E-state index contributed by atoms with van der Waals surface area (Å²) < 4.78 is 57.5. The molecule has 0 saturated carbocycles. The Kier molecular flexibility index (Phi) is 7.75. The van der Waals surface area contributed by atoms with Gasteiger partial charge in [0.25, 0.3) is 0 Å². The average molecular weight is 240 g/mol. The SMILES string of the molecule is CCCCS.O=S(=O)(O)C(F)(F)F. The zero-order chi connectivity index (χ0) is 11.1. The van der Waals surface area contributed by atoms with Crippen LogP contribution in [0.1, 0.15) is 19.8 Å². The Hall–Kier alpha value is 0.0500. The normalized spacial score (nSPS) is 11.8. The molecule has 0 aromatic carbocycles. The van der Waals surface area contributed by atoms with Gasteiger partial charge < -0.3 is 0 Å². The van der Waals surface area contributed by atoms with Crippen LogP contribution in [0.25, 0.3) is 0 Å². The van der Waals surface area contributed by atoms with Crippen molar-refractivity contribution in [1.29, 1.82) is 0 Å². The van der Waals surface area contributed by atoms with Crippen molar-refractivity contribution >= 4 is 22.7 Å². The van der Waals surface area contributed by atoms with Crippen molar-refractivity contribution in [3.63, 3.8) is 0 Å². The number of halogens is 3. The molecule has 1 N–H and O–H groups in total. The molecule has 0 aliphatic carbocycles. The van der Waals surface area contributed by atoms with Crippen molar-refractivity contribution in [1.82, 2.24) is 0 Å². The first kappa shape index (κ1) is 15.5. The van der Waals surface area contributed by atoms with E-state index in [1.165, 1.54) is 12.8 Å². The van der Waals surface area contributed by atoms with Gasteiger partial charge in [0.2, 0.25) is 0 Å². The van der Waals surface area contributed by atoms with Crippen molar-refractivity contribution < 1.29 is 26.1 Å². The topological polar surface area (TPSA) is 54.4 Å². The van der Waals surface area contributed by atoms with Gasteiger partial charge in [0.05, 0.1) is 0 Å². The highest BCUT2D eigenvalue weighted by Crippen LogP contribution is 2.20. The fourth-order valence-corrected chi connectivity index (χ4v) is 0.474. The lowest BCUT2D eigenvalue weighted by molar-refractivity contribution is -0.0510. The summed E-state index contributed by atoms with van der Waals surface area (Å²) >= 11 is 4.00. The van der Waals surface area contributed by atoms with Crippen LogP contribution in [0.5, 0.6) is 0 Å². The first-order valence-electron chi connectivity index (χ1n) is 3.31. The van der Waals surface area contributed by atoms with Gasteiger partial charge in [0, 0.05) is 0 Å². The van der Waals surface area contributed by atoms with E-state index in [2.05, 4.69) is 19.6 Å². The summed E-state index contributed by atoms with van der Waals surface area (Å²) in [5, 5.41) is 0. The molecule has 8 heteroatoms.